The summed E-state index contributed by atoms with van der Waals surface area (Å²) in [7, 11) is 1.98. The van der Waals surface area contributed by atoms with Crippen LogP contribution in [0.4, 0.5) is 30.7 Å². The van der Waals surface area contributed by atoms with Crippen molar-refractivity contribution in [2.75, 3.05) is 27.2 Å². The monoisotopic (exact) mass is 326 g/mol. The lowest BCUT2D eigenvalue weighted by atomic mass is 9.84. The number of hydrogen-bond donors (Lipinski definition) is 0. The predicted octanol–water partition coefficient (Wildman–Crippen LogP) is 2.90. The van der Waals surface area contributed by atoms with Gasteiger partial charge in [0.2, 0.25) is 5.00 Å². The highest BCUT2D eigenvalue weighted by molar-refractivity contribution is 6.26. The number of rotatable bonds is 0. The Bertz CT molecular complexity index is 478. The van der Waals surface area contributed by atoms with Gasteiger partial charge < -0.3 is 4.90 Å². The molecule has 1 saturated heterocycles. The molecule has 2 rings (SSSR count). The molecular weight excluding hydrogens is 317 g/mol. The molecule has 0 bridgehead atoms. The lowest BCUT2D eigenvalue weighted by molar-refractivity contribution is -0.333. The Hall–Kier alpha value is -0.700. The van der Waals surface area contributed by atoms with Gasteiger partial charge in [0.25, 0.3) is 0 Å². The fourth-order valence-electron chi connectivity index (χ4n) is 2.39. The molecule has 20 heavy (non-hydrogen) atoms. The average molecular weight is 327 g/mol. The average Bonchev–Trinajstić information content (AvgIpc) is 2.32. The van der Waals surface area contributed by atoms with Crippen LogP contribution in [0.15, 0.2) is 11.5 Å². The number of fused-ring (bicyclic) bond motifs is 1. The Kier molecular flexibility index (Phi) is 3.09. The van der Waals surface area contributed by atoms with Crippen LogP contribution in [0.5, 0.6) is 0 Å². The van der Waals surface area contributed by atoms with Crippen LogP contribution in [0.3, 0.4) is 0 Å². The summed E-state index contributed by atoms with van der Waals surface area (Å²) in [4.78, 5) is -2.11. The Morgan fingerprint density at radius 3 is 1.95 bits per heavy atom. The molecule has 10 heteroatoms. The van der Waals surface area contributed by atoms with Crippen molar-refractivity contribution in [3.63, 3.8) is 0 Å². The fourth-order valence-corrected chi connectivity index (χ4v) is 2.82. The SMILES string of the molecule is CN1CCN(C)C2(Cl)C1=C(F)C(F)(F)C(F)(F)C2(F)F. The van der Waals surface area contributed by atoms with Crippen molar-refractivity contribution in [1.29, 1.82) is 0 Å². The van der Waals surface area contributed by atoms with Gasteiger partial charge >= 0.3 is 17.8 Å². The standard InChI is InChI=1S/C10H10ClF7N2/c1-19-3-4-20(2)7(11)6(19)5(12)8(13,14)10(17,18)9(7,15)16/h3-4H2,1-2H3. The van der Waals surface area contributed by atoms with E-state index in [9.17, 15) is 30.7 Å². The molecule has 0 aromatic heterocycles. The Balaban J connectivity index is 2.84. The molecule has 1 heterocycles. The second-order valence-corrected chi connectivity index (χ2v) is 5.40. The second-order valence-electron chi connectivity index (χ2n) is 4.85. The first-order chi connectivity index (χ1) is 8.83. The van der Waals surface area contributed by atoms with E-state index in [2.05, 4.69) is 0 Å². The predicted molar refractivity (Wildman–Crippen MR) is 56.8 cm³/mol. The van der Waals surface area contributed by atoms with Crippen molar-refractivity contribution in [3.8, 4) is 0 Å². The third-order valence-electron chi connectivity index (χ3n) is 3.68. The van der Waals surface area contributed by atoms with Gasteiger partial charge in [0.15, 0.2) is 5.83 Å². The second kappa shape index (κ2) is 3.94. The molecule has 0 radical (unpaired) electrons. The van der Waals surface area contributed by atoms with E-state index in [1.807, 2.05) is 0 Å². The van der Waals surface area contributed by atoms with Crippen LogP contribution < -0.4 is 0 Å². The summed E-state index contributed by atoms with van der Waals surface area (Å²) in [6.07, 6.45) is 0. The molecule has 0 aromatic rings. The van der Waals surface area contributed by atoms with Crippen molar-refractivity contribution in [3.05, 3.63) is 11.5 Å². The van der Waals surface area contributed by atoms with Crippen LogP contribution in [0, 0.1) is 0 Å². The molecule has 2 nitrogen and oxygen atoms in total. The summed E-state index contributed by atoms with van der Waals surface area (Å²) in [5.41, 5.74) is -1.33. The van der Waals surface area contributed by atoms with Crippen molar-refractivity contribution >= 4 is 11.6 Å². The zero-order chi connectivity index (χ0) is 15.7. The molecular formula is C10H10ClF7N2. The fraction of sp³-hybridized carbons (Fsp3) is 0.800. The van der Waals surface area contributed by atoms with Crippen LogP contribution >= 0.6 is 11.6 Å². The summed E-state index contributed by atoms with van der Waals surface area (Å²) >= 11 is 5.54. The van der Waals surface area contributed by atoms with Crippen LogP contribution in [-0.2, 0) is 0 Å². The van der Waals surface area contributed by atoms with Crippen LogP contribution in [-0.4, -0.2) is 59.8 Å². The maximum atomic E-state index is 14.0. The molecule has 1 atom stereocenters. The maximum absolute atomic E-state index is 14.0. The van der Waals surface area contributed by atoms with Crippen LogP contribution in [0.2, 0.25) is 0 Å². The van der Waals surface area contributed by atoms with Gasteiger partial charge in [-0.2, -0.15) is 26.3 Å². The molecule has 1 fully saturated rings. The molecule has 0 saturated carbocycles. The van der Waals surface area contributed by atoms with Gasteiger partial charge in [0.1, 0.15) is 0 Å². The van der Waals surface area contributed by atoms with E-state index < -0.39 is 34.3 Å². The van der Waals surface area contributed by atoms with Gasteiger partial charge in [0, 0.05) is 20.1 Å². The topological polar surface area (TPSA) is 6.48 Å². The molecule has 116 valence electrons. The van der Waals surface area contributed by atoms with Gasteiger partial charge in [-0.3, -0.25) is 4.90 Å². The summed E-state index contributed by atoms with van der Waals surface area (Å²) in [6.45, 7) is -0.320. The minimum Gasteiger partial charge on any atom is -0.372 e. The largest absolute Gasteiger partial charge is 0.382 e. The lowest BCUT2D eigenvalue weighted by Gasteiger charge is -2.55. The third kappa shape index (κ3) is 1.40. The first-order valence-corrected chi connectivity index (χ1v) is 5.86. The quantitative estimate of drug-likeness (QED) is 0.384. The number of alkyl halides is 7. The lowest BCUT2D eigenvalue weighted by Crippen LogP contribution is -2.75. The van der Waals surface area contributed by atoms with Crippen LogP contribution in [0.25, 0.3) is 0 Å². The molecule has 1 aliphatic heterocycles. The number of halogens is 8. The number of likely N-dealkylation sites (N-methyl/N-ethyl adjacent to an activating group) is 2. The summed E-state index contributed by atoms with van der Waals surface area (Å²) < 4.78 is 95.2. The minimum absolute atomic E-state index is 0.106. The van der Waals surface area contributed by atoms with Gasteiger partial charge in [0.05, 0.1) is 5.70 Å². The Morgan fingerprint density at radius 1 is 0.950 bits per heavy atom. The van der Waals surface area contributed by atoms with Gasteiger partial charge in [-0.25, -0.2) is 4.39 Å². The normalized spacial score (nSPS) is 36.0. The molecule has 0 amide bonds. The van der Waals surface area contributed by atoms with E-state index >= 15 is 0 Å². The molecule has 1 aliphatic carbocycles. The summed E-state index contributed by atoms with van der Waals surface area (Å²) in [5, 5.41) is 0. The summed E-state index contributed by atoms with van der Waals surface area (Å²) in [5.74, 6) is -19.6. The minimum atomic E-state index is -5.94. The third-order valence-corrected chi connectivity index (χ3v) is 4.39. The molecule has 2 aliphatic rings. The van der Waals surface area contributed by atoms with Crippen molar-refractivity contribution in [2.45, 2.75) is 22.8 Å². The van der Waals surface area contributed by atoms with E-state index in [1.54, 1.807) is 0 Å². The van der Waals surface area contributed by atoms with Crippen LogP contribution in [0.1, 0.15) is 0 Å². The van der Waals surface area contributed by atoms with Gasteiger partial charge in [-0.05, 0) is 7.05 Å². The van der Waals surface area contributed by atoms with E-state index in [0.717, 1.165) is 14.1 Å². The first-order valence-electron chi connectivity index (χ1n) is 5.49. The molecule has 0 aromatic carbocycles. The Morgan fingerprint density at radius 2 is 1.45 bits per heavy atom. The van der Waals surface area contributed by atoms with Crippen molar-refractivity contribution < 1.29 is 30.7 Å². The number of piperazine rings is 1. The molecule has 0 spiro atoms. The Labute approximate surface area is 114 Å². The van der Waals surface area contributed by atoms with E-state index in [-0.39, 0.29) is 13.1 Å². The first kappa shape index (κ1) is 15.7. The van der Waals surface area contributed by atoms with E-state index in [1.165, 1.54) is 0 Å². The number of allylic oxidation sites excluding steroid dienone is 1. The van der Waals surface area contributed by atoms with E-state index in [4.69, 9.17) is 11.6 Å². The zero-order valence-electron chi connectivity index (χ0n) is 10.3. The van der Waals surface area contributed by atoms with Gasteiger partial charge in [-0.1, -0.05) is 11.6 Å². The number of nitrogens with zero attached hydrogens (tertiary/aromatic N) is 2. The van der Waals surface area contributed by atoms with Gasteiger partial charge in [-0.15, -0.1) is 0 Å². The van der Waals surface area contributed by atoms with Crippen molar-refractivity contribution in [2.24, 2.45) is 0 Å². The molecule has 0 N–H and O–H groups in total. The molecule has 1 unspecified atom stereocenters. The smallest absolute Gasteiger partial charge is 0.372 e. The maximum Gasteiger partial charge on any atom is 0.382 e. The van der Waals surface area contributed by atoms with Crippen molar-refractivity contribution in [1.82, 2.24) is 9.80 Å². The number of hydrogen-bond acceptors (Lipinski definition) is 2. The highest BCUT2D eigenvalue weighted by Gasteiger charge is 2.86. The van der Waals surface area contributed by atoms with E-state index in [0.29, 0.717) is 9.80 Å². The highest BCUT2D eigenvalue weighted by Crippen LogP contribution is 2.63. The highest BCUT2D eigenvalue weighted by atomic mass is 35.5. The zero-order valence-corrected chi connectivity index (χ0v) is 11.1. The summed E-state index contributed by atoms with van der Waals surface area (Å²) in [6, 6.07) is 0.